The largest absolute Gasteiger partial charge is 0.421 e. The molecule has 1 aliphatic rings. The summed E-state index contributed by atoms with van der Waals surface area (Å²) in [7, 11) is 0. The quantitative estimate of drug-likeness (QED) is 0.624. The predicted molar refractivity (Wildman–Crippen MR) is 73.4 cm³/mol. The van der Waals surface area contributed by atoms with Gasteiger partial charge in [0, 0.05) is 18.2 Å². The fourth-order valence-corrected chi connectivity index (χ4v) is 2.37. The molecule has 2 aromatic rings. The van der Waals surface area contributed by atoms with Gasteiger partial charge in [-0.2, -0.15) is 0 Å². The summed E-state index contributed by atoms with van der Waals surface area (Å²) < 4.78 is 5.11. The molecule has 2 heterocycles. The Morgan fingerprint density at radius 2 is 1.80 bits per heavy atom. The van der Waals surface area contributed by atoms with Crippen LogP contribution >= 0.6 is 0 Å². The Morgan fingerprint density at radius 1 is 1.15 bits per heavy atom. The van der Waals surface area contributed by atoms with Crippen LogP contribution in [-0.2, 0) is 9.59 Å². The first-order valence-electron chi connectivity index (χ1n) is 6.18. The van der Waals surface area contributed by atoms with Gasteiger partial charge in [-0.15, -0.1) is 0 Å². The summed E-state index contributed by atoms with van der Waals surface area (Å²) in [5, 5.41) is 0.483. The number of anilines is 2. The number of aryl methyl sites for hydroxylation is 1. The summed E-state index contributed by atoms with van der Waals surface area (Å²) in [4.78, 5) is 36.5. The van der Waals surface area contributed by atoms with E-state index in [2.05, 4.69) is 0 Å². The minimum absolute atomic E-state index is 0.131. The van der Waals surface area contributed by atoms with Gasteiger partial charge in [-0.25, -0.2) is 9.69 Å². The molecule has 0 bridgehead atoms. The Bertz CT molecular complexity index is 791. The van der Waals surface area contributed by atoms with Crippen LogP contribution in [0.2, 0.25) is 0 Å². The smallest absolute Gasteiger partial charge is 0.361 e. The summed E-state index contributed by atoms with van der Waals surface area (Å²) in [5.41, 5.74) is 6.13. The summed E-state index contributed by atoms with van der Waals surface area (Å²) in [6, 6.07) is 5.17. The van der Waals surface area contributed by atoms with Crippen LogP contribution in [0.25, 0.3) is 11.0 Å². The number of nitrogen functional groups attached to an aromatic ring is 1. The molecule has 1 aromatic heterocycles. The van der Waals surface area contributed by atoms with Crippen molar-refractivity contribution in [2.24, 2.45) is 0 Å². The highest BCUT2D eigenvalue weighted by Gasteiger charge is 2.34. The van der Waals surface area contributed by atoms with E-state index in [0.29, 0.717) is 11.0 Å². The highest BCUT2D eigenvalue weighted by molar-refractivity contribution is 6.24. The van der Waals surface area contributed by atoms with E-state index < -0.39 is 5.63 Å². The van der Waals surface area contributed by atoms with Crippen LogP contribution in [0.3, 0.4) is 0 Å². The Kier molecular flexibility index (Phi) is 2.60. The third kappa shape index (κ3) is 1.69. The Hall–Kier alpha value is -2.63. The maximum Gasteiger partial charge on any atom is 0.361 e. The molecule has 0 saturated carbocycles. The normalized spacial score (nSPS) is 15.3. The van der Waals surface area contributed by atoms with Crippen LogP contribution in [0.15, 0.2) is 27.4 Å². The van der Waals surface area contributed by atoms with Crippen LogP contribution in [0.4, 0.5) is 11.4 Å². The molecule has 1 aromatic carbocycles. The van der Waals surface area contributed by atoms with E-state index in [0.717, 1.165) is 10.5 Å². The Morgan fingerprint density at radius 3 is 2.45 bits per heavy atom. The van der Waals surface area contributed by atoms with Crippen LogP contribution < -0.4 is 16.3 Å². The zero-order chi connectivity index (χ0) is 14.4. The van der Waals surface area contributed by atoms with Gasteiger partial charge >= 0.3 is 5.63 Å². The summed E-state index contributed by atoms with van der Waals surface area (Å²) >= 11 is 0. The zero-order valence-corrected chi connectivity index (χ0v) is 10.8. The summed E-state index contributed by atoms with van der Waals surface area (Å²) in [6.45, 7) is 1.85. The van der Waals surface area contributed by atoms with Crippen molar-refractivity contribution in [2.75, 3.05) is 10.6 Å². The highest BCUT2D eigenvalue weighted by Crippen LogP contribution is 2.34. The lowest BCUT2D eigenvalue weighted by atomic mass is 10.1. The number of hydrogen-bond donors (Lipinski definition) is 1. The van der Waals surface area contributed by atoms with Gasteiger partial charge in [0.25, 0.3) is 0 Å². The van der Waals surface area contributed by atoms with Crippen molar-refractivity contribution in [1.82, 2.24) is 0 Å². The molecular formula is C14H12N2O4. The molecule has 0 aliphatic carbocycles. The SMILES string of the molecule is Cc1ccc2c(N3C(=O)CCC3=O)c(N)c(=O)oc2c1. The van der Waals surface area contributed by atoms with E-state index in [9.17, 15) is 14.4 Å². The molecule has 102 valence electrons. The number of rotatable bonds is 1. The lowest BCUT2D eigenvalue weighted by Gasteiger charge is -2.17. The summed E-state index contributed by atoms with van der Waals surface area (Å²) in [6.07, 6.45) is 0.262. The summed E-state index contributed by atoms with van der Waals surface area (Å²) in [5.74, 6) is -0.705. The van der Waals surface area contributed by atoms with Gasteiger partial charge in [0.1, 0.15) is 11.3 Å². The van der Waals surface area contributed by atoms with Gasteiger partial charge in [-0.1, -0.05) is 6.07 Å². The van der Waals surface area contributed by atoms with E-state index in [-0.39, 0.29) is 36.0 Å². The number of imide groups is 1. The number of nitrogens with two attached hydrogens (primary N) is 1. The van der Waals surface area contributed by atoms with E-state index in [1.807, 2.05) is 6.92 Å². The fraction of sp³-hybridized carbons (Fsp3) is 0.214. The molecule has 1 fully saturated rings. The third-order valence-corrected chi connectivity index (χ3v) is 3.35. The molecule has 2 amide bonds. The van der Waals surface area contributed by atoms with E-state index in [4.69, 9.17) is 10.2 Å². The molecule has 0 unspecified atom stereocenters. The molecule has 6 nitrogen and oxygen atoms in total. The van der Waals surface area contributed by atoms with E-state index in [1.165, 1.54) is 0 Å². The highest BCUT2D eigenvalue weighted by atomic mass is 16.4. The molecular weight excluding hydrogens is 260 g/mol. The molecule has 3 rings (SSSR count). The number of nitrogens with zero attached hydrogens (tertiary/aromatic N) is 1. The van der Waals surface area contributed by atoms with Crippen molar-refractivity contribution in [3.63, 3.8) is 0 Å². The zero-order valence-electron chi connectivity index (χ0n) is 10.8. The average molecular weight is 272 g/mol. The number of carbonyl (C=O) groups excluding carboxylic acids is 2. The second-order valence-corrected chi connectivity index (χ2v) is 4.77. The maximum atomic E-state index is 11.9. The fourth-order valence-electron chi connectivity index (χ4n) is 2.37. The number of fused-ring (bicyclic) bond motifs is 1. The van der Waals surface area contributed by atoms with Crippen LogP contribution in [0, 0.1) is 6.92 Å². The molecule has 0 spiro atoms. The van der Waals surface area contributed by atoms with Gasteiger partial charge in [0.05, 0.1) is 5.69 Å². The number of amides is 2. The van der Waals surface area contributed by atoms with Crippen molar-refractivity contribution in [1.29, 1.82) is 0 Å². The molecule has 1 aliphatic heterocycles. The van der Waals surface area contributed by atoms with Crippen molar-refractivity contribution in [3.05, 3.63) is 34.2 Å². The van der Waals surface area contributed by atoms with Gasteiger partial charge in [-0.3, -0.25) is 9.59 Å². The van der Waals surface area contributed by atoms with E-state index >= 15 is 0 Å². The standard InChI is InChI=1S/C14H12N2O4/c1-7-2-3-8-9(6-7)20-14(19)12(15)13(8)16-10(17)4-5-11(16)18/h2-3,6H,4-5,15H2,1H3. The van der Waals surface area contributed by atoms with Crippen molar-refractivity contribution >= 4 is 34.2 Å². The number of hydrogen-bond acceptors (Lipinski definition) is 5. The molecule has 20 heavy (non-hydrogen) atoms. The van der Waals surface area contributed by atoms with Gasteiger partial charge in [-0.05, 0) is 24.6 Å². The first kappa shape index (κ1) is 12.4. The topological polar surface area (TPSA) is 93.6 Å². The Labute approximate surface area is 113 Å². The molecule has 6 heteroatoms. The first-order valence-corrected chi connectivity index (χ1v) is 6.18. The van der Waals surface area contributed by atoms with Crippen LogP contribution in [-0.4, -0.2) is 11.8 Å². The van der Waals surface area contributed by atoms with Crippen molar-refractivity contribution < 1.29 is 14.0 Å². The second kappa shape index (κ2) is 4.19. The molecule has 0 atom stereocenters. The lowest BCUT2D eigenvalue weighted by molar-refractivity contribution is -0.121. The Balaban J connectivity index is 2.39. The third-order valence-electron chi connectivity index (χ3n) is 3.35. The van der Waals surface area contributed by atoms with E-state index in [1.54, 1.807) is 18.2 Å². The van der Waals surface area contributed by atoms with Gasteiger partial charge in [0.2, 0.25) is 11.8 Å². The molecule has 2 N–H and O–H groups in total. The minimum atomic E-state index is -0.745. The first-order chi connectivity index (χ1) is 9.49. The minimum Gasteiger partial charge on any atom is -0.421 e. The predicted octanol–water partition coefficient (Wildman–Crippen LogP) is 1.34. The van der Waals surface area contributed by atoms with Crippen LogP contribution in [0.1, 0.15) is 18.4 Å². The van der Waals surface area contributed by atoms with Gasteiger partial charge in [0.15, 0.2) is 0 Å². The lowest BCUT2D eigenvalue weighted by Crippen LogP contribution is -2.31. The maximum absolute atomic E-state index is 11.9. The van der Waals surface area contributed by atoms with Gasteiger partial charge < -0.3 is 10.2 Å². The molecule has 1 saturated heterocycles. The van der Waals surface area contributed by atoms with Crippen LogP contribution in [0.5, 0.6) is 0 Å². The second-order valence-electron chi connectivity index (χ2n) is 4.77. The van der Waals surface area contributed by atoms with Crippen molar-refractivity contribution in [2.45, 2.75) is 19.8 Å². The number of benzene rings is 1. The monoisotopic (exact) mass is 272 g/mol. The number of carbonyl (C=O) groups is 2. The van der Waals surface area contributed by atoms with Crippen molar-refractivity contribution in [3.8, 4) is 0 Å². The average Bonchev–Trinajstić information content (AvgIpc) is 2.72. The molecule has 0 radical (unpaired) electrons.